The Balaban J connectivity index is 2.40. The lowest BCUT2D eigenvalue weighted by Crippen LogP contribution is -2.11. The Hall–Kier alpha value is -0.850. The molecule has 6 heteroatoms. The van der Waals surface area contributed by atoms with Crippen molar-refractivity contribution in [2.45, 2.75) is 13.0 Å². The largest absolute Gasteiger partial charge is 0.311 e. The lowest BCUT2D eigenvalue weighted by molar-refractivity contribution is 0.630. The summed E-state index contributed by atoms with van der Waals surface area (Å²) < 4.78 is 14.5. The molecule has 2 rings (SSSR count). The van der Waals surface area contributed by atoms with Crippen molar-refractivity contribution >= 4 is 27.3 Å². The summed E-state index contributed by atoms with van der Waals surface area (Å²) in [5.74, 6) is -0.284. The maximum Gasteiger partial charge on any atom is 0.150 e. The van der Waals surface area contributed by atoms with Crippen LogP contribution in [0.15, 0.2) is 22.7 Å². The zero-order valence-corrected chi connectivity index (χ0v) is 11.8. The average Bonchev–Trinajstić information content (AvgIpc) is 2.80. The van der Waals surface area contributed by atoms with Gasteiger partial charge in [-0.25, -0.2) is 4.39 Å². The van der Waals surface area contributed by atoms with Gasteiger partial charge in [0.1, 0.15) is 10.8 Å². The van der Waals surface area contributed by atoms with Gasteiger partial charge in [0.25, 0.3) is 0 Å². The third kappa shape index (κ3) is 2.70. The van der Waals surface area contributed by atoms with Crippen LogP contribution in [0.4, 0.5) is 4.39 Å². The molecule has 0 saturated carbocycles. The summed E-state index contributed by atoms with van der Waals surface area (Å²) in [5.41, 5.74) is 0.478. The van der Waals surface area contributed by atoms with Gasteiger partial charge in [-0.3, -0.25) is 0 Å². The molecule has 0 bridgehead atoms. The molecule has 3 nitrogen and oxygen atoms in total. The van der Waals surface area contributed by atoms with Crippen molar-refractivity contribution in [1.82, 2.24) is 15.5 Å². The zero-order valence-electron chi connectivity index (χ0n) is 9.37. The van der Waals surface area contributed by atoms with Crippen LogP contribution < -0.4 is 5.32 Å². The molecule has 1 aromatic carbocycles. The fourth-order valence-corrected chi connectivity index (χ4v) is 2.59. The van der Waals surface area contributed by atoms with Crippen molar-refractivity contribution < 1.29 is 4.39 Å². The number of nitrogens with zero attached hydrogens (tertiary/aromatic N) is 2. The lowest BCUT2D eigenvalue weighted by Gasteiger charge is -2.03. The van der Waals surface area contributed by atoms with Crippen LogP contribution in [-0.2, 0) is 0 Å². The first-order valence-corrected chi connectivity index (χ1v) is 6.69. The van der Waals surface area contributed by atoms with E-state index in [0.717, 1.165) is 9.48 Å². The van der Waals surface area contributed by atoms with E-state index in [1.54, 1.807) is 12.1 Å². The first-order valence-electron chi connectivity index (χ1n) is 5.08. The molecule has 90 valence electrons. The van der Waals surface area contributed by atoms with Crippen LogP contribution >= 0.6 is 27.3 Å². The van der Waals surface area contributed by atoms with E-state index >= 15 is 0 Å². The van der Waals surface area contributed by atoms with Crippen molar-refractivity contribution in [1.29, 1.82) is 0 Å². The van der Waals surface area contributed by atoms with E-state index in [2.05, 4.69) is 31.4 Å². The number of benzene rings is 1. The number of nitrogens with one attached hydrogen (secondary N) is 1. The molecule has 1 atom stereocenters. The fraction of sp³-hybridized carbons (Fsp3) is 0.273. The van der Waals surface area contributed by atoms with Gasteiger partial charge >= 0.3 is 0 Å². The Morgan fingerprint density at radius 1 is 1.41 bits per heavy atom. The Kier molecular flexibility index (Phi) is 3.86. The molecule has 17 heavy (non-hydrogen) atoms. The van der Waals surface area contributed by atoms with Crippen molar-refractivity contribution in [2.24, 2.45) is 0 Å². The van der Waals surface area contributed by atoms with Gasteiger partial charge in [-0.05, 0) is 32.2 Å². The van der Waals surface area contributed by atoms with E-state index in [-0.39, 0.29) is 11.9 Å². The Morgan fingerprint density at radius 3 is 2.88 bits per heavy atom. The van der Waals surface area contributed by atoms with E-state index in [9.17, 15) is 4.39 Å². The highest BCUT2D eigenvalue weighted by molar-refractivity contribution is 9.10. The summed E-state index contributed by atoms with van der Waals surface area (Å²) in [6, 6.07) is 4.92. The SMILES string of the molecule is CNC(C)c1nnc(-c2cc(Br)ccc2F)s1. The van der Waals surface area contributed by atoms with Crippen LogP contribution in [0.2, 0.25) is 0 Å². The minimum Gasteiger partial charge on any atom is -0.311 e. The third-order valence-corrected chi connectivity index (χ3v) is 4.04. The zero-order chi connectivity index (χ0) is 12.4. The number of hydrogen-bond donors (Lipinski definition) is 1. The van der Waals surface area contributed by atoms with E-state index in [0.29, 0.717) is 10.6 Å². The summed E-state index contributed by atoms with van der Waals surface area (Å²) in [6.45, 7) is 1.99. The first kappa shape index (κ1) is 12.6. The maximum absolute atomic E-state index is 13.7. The van der Waals surface area contributed by atoms with Crippen LogP contribution in [0.25, 0.3) is 10.6 Å². The average molecular weight is 316 g/mol. The van der Waals surface area contributed by atoms with Gasteiger partial charge in [-0.15, -0.1) is 10.2 Å². The number of rotatable bonds is 3. The molecule has 1 N–H and O–H groups in total. The molecule has 0 amide bonds. The van der Waals surface area contributed by atoms with Gasteiger partial charge in [0, 0.05) is 10.0 Å². The summed E-state index contributed by atoms with van der Waals surface area (Å²) in [5, 5.41) is 12.6. The predicted molar refractivity (Wildman–Crippen MR) is 70.5 cm³/mol. The third-order valence-electron chi connectivity index (χ3n) is 2.40. The minimum atomic E-state index is -0.284. The molecule has 0 fully saturated rings. The molecule has 0 spiro atoms. The second-order valence-electron chi connectivity index (χ2n) is 3.58. The Bertz CT molecular complexity index is 529. The molecule has 0 saturated heterocycles. The number of hydrogen-bond acceptors (Lipinski definition) is 4. The summed E-state index contributed by atoms with van der Waals surface area (Å²) in [7, 11) is 1.85. The van der Waals surface area contributed by atoms with Gasteiger partial charge in [0.2, 0.25) is 0 Å². The minimum absolute atomic E-state index is 0.122. The van der Waals surface area contributed by atoms with Gasteiger partial charge in [0.15, 0.2) is 5.01 Å². The fourth-order valence-electron chi connectivity index (χ4n) is 1.30. The van der Waals surface area contributed by atoms with Crippen LogP contribution in [0.3, 0.4) is 0 Å². The Morgan fingerprint density at radius 2 is 2.18 bits per heavy atom. The second-order valence-corrected chi connectivity index (χ2v) is 5.50. The monoisotopic (exact) mass is 315 g/mol. The standard InChI is InChI=1S/C11H11BrFN3S/c1-6(14-2)10-15-16-11(17-10)8-5-7(12)3-4-9(8)13/h3-6,14H,1-2H3. The highest BCUT2D eigenvalue weighted by Gasteiger charge is 2.14. The van der Waals surface area contributed by atoms with Crippen molar-refractivity contribution in [3.63, 3.8) is 0 Å². The molecular formula is C11H11BrFN3S. The van der Waals surface area contributed by atoms with E-state index in [1.807, 2.05) is 14.0 Å². The molecular weight excluding hydrogens is 305 g/mol. The Labute approximate surface area is 111 Å². The normalized spacial score (nSPS) is 12.7. The molecule has 0 radical (unpaired) electrons. The molecule has 2 aromatic rings. The van der Waals surface area contributed by atoms with Gasteiger partial charge in [-0.2, -0.15) is 0 Å². The van der Waals surface area contributed by atoms with E-state index in [1.165, 1.54) is 17.4 Å². The van der Waals surface area contributed by atoms with Crippen LogP contribution in [0.5, 0.6) is 0 Å². The van der Waals surface area contributed by atoms with Crippen LogP contribution in [-0.4, -0.2) is 17.2 Å². The molecule has 1 heterocycles. The van der Waals surface area contributed by atoms with Crippen molar-refractivity contribution in [3.8, 4) is 10.6 Å². The molecule has 0 aliphatic rings. The van der Waals surface area contributed by atoms with E-state index < -0.39 is 0 Å². The highest BCUT2D eigenvalue weighted by atomic mass is 79.9. The van der Waals surface area contributed by atoms with Crippen LogP contribution in [0, 0.1) is 5.82 Å². The molecule has 1 aromatic heterocycles. The first-order chi connectivity index (χ1) is 8.11. The van der Waals surface area contributed by atoms with Gasteiger partial charge < -0.3 is 5.32 Å². The lowest BCUT2D eigenvalue weighted by atomic mass is 10.2. The summed E-state index contributed by atoms with van der Waals surface area (Å²) in [6.07, 6.45) is 0. The highest BCUT2D eigenvalue weighted by Crippen LogP contribution is 2.30. The quantitative estimate of drug-likeness (QED) is 0.943. The molecule has 1 unspecified atom stereocenters. The summed E-state index contributed by atoms with van der Waals surface area (Å²) >= 11 is 4.72. The topological polar surface area (TPSA) is 37.8 Å². The maximum atomic E-state index is 13.7. The van der Waals surface area contributed by atoms with Crippen LogP contribution in [0.1, 0.15) is 18.0 Å². The van der Waals surface area contributed by atoms with E-state index in [4.69, 9.17) is 0 Å². The second kappa shape index (κ2) is 5.20. The van der Waals surface area contributed by atoms with Gasteiger partial charge in [0.05, 0.1) is 6.04 Å². The van der Waals surface area contributed by atoms with Gasteiger partial charge in [-0.1, -0.05) is 27.3 Å². The molecule has 0 aliphatic carbocycles. The van der Waals surface area contributed by atoms with Crippen molar-refractivity contribution in [3.05, 3.63) is 33.5 Å². The summed E-state index contributed by atoms with van der Waals surface area (Å²) in [4.78, 5) is 0. The van der Waals surface area contributed by atoms with Crippen molar-refractivity contribution in [2.75, 3.05) is 7.05 Å². The molecule has 0 aliphatic heterocycles. The predicted octanol–water partition coefficient (Wildman–Crippen LogP) is 3.39. The smallest absolute Gasteiger partial charge is 0.150 e. The number of aromatic nitrogens is 2. The number of halogens is 2.